The standard InChI is InChI=1S/C24H35FN4O2.C24H31N3O3.C23H33FN4O3/c1-17(2)22(30)28-11-7-19(8-12-28)27-13-9-24(10-14-27)16-29(23(31)26(3)4)21-6-5-18(25)15-20(21)24;1-3-4-17-30-23(29)26-13-9-20(10-14-26)25-15-11-24(12-16-25)18-27(19(2)28)22-8-6-5-7-21(22)24;1-25(2)22(30)28-16-23(19-14-17(24)4-5-20(19)28)8-12-26(13-9-23)18-6-10-27(11-7-18)21(29)15-31-3/h5-6,15,17,19H,7-14,16H2,1-4H3;5-8,20H,9-18H2,1-2H3;4-5,14,18H,6-13,15-16H2,1-3H3. The summed E-state index contributed by atoms with van der Waals surface area (Å²) in [6.07, 6.45) is 11.5. The maximum absolute atomic E-state index is 14.2. The minimum Gasteiger partial charge on any atom is -0.436 e. The largest absolute Gasteiger partial charge is 0.436 e. The van der Waals surface area contributed by atoms with E-state index in [0.717, 1.165) is 190 Å². The van der Waals surface area contributed by atoms with Gasteiger partial charge in [-0.1, -0.05) is 38.0 Å². The summed E-state index contributed by atoms with van der Waals surface area (Å²) in [4.78, 5) is 96.3. The molecule has 0 aromatic heterocycles. The van der Waals surface area contributed by atoms with Crippen LogP contribution in [0.2, 0.25) is 0 Å². The van der Waals surface area contributed by atoms with Crippen molar-refractivity contribution in [1.29, 1.82) is 0 Å². The fraction of sp³-hybridized carbons (Fsp3) is 0.634. The van der Waals surface area contributed by atoms with Crippen LogP contribution in [-0.2, 0) is 40.1 Å². The molecule has 12 rings (SSSR count). The molecule has 6 fully saturated rings. The Balaban J connectivity index is 0.000000151. The molecular weight excluding hydrogens is 1170 g/mol. The third kappa shape index (κ3) is 14.4. The molecule has 0 N–H and O–H groups in total. The van der Waals surface area contributed by atoms with Crippen LogP contribution < -0.4 is 14.7 Å². The maximum atomic E-state index is 14.2. The molecule has 0 bridgehead atoms. The predicted molar refractivity (Wildman–Crippen MR) is 353 cm³/mol. The van der Waals surface area contributed by atoms with Crippen molar-refractivity contribution in [2.24, 2.45) is 5.92 Å². The molecule has 6 saturated heterocycles. The molecule has 19 nitrogen and oxygen atoms in total. The number of piperidine rings is 6. The lowest BCUT2D eigenvalue weighted by Gasteiger charge is -2.45. The third-order valence-electron chi connectivity index (χ3n) is 21.7. The van der Waals surface area contributed by atoms with Gasteiger partial charge in [0.1, 0.15) is 18.2 Å². The van der Waals surface area contributed by atoms with E-state index >= 15 is 0 Å². The van der Waals surface area contributed by atoms with E-state index in [2.05, 4.69) is 44.7 Å². The second kappa shape index (κ2) is 29.2. The van der Waals surface area contributed by atoms with Crippen LogP contribution in [0.25, 0.3) is 0 Å². The average Bonchev–Trinajstić information content (AvgIpc) is 1.60. The number of halogens is 2. The summed E-state index contributed by atoms with van der Waals surface area (Å²) in [7, 11) is 8.57. The van der Waals surface area contributed by atoms with Crippen molar-refractivity contribution in [1.82, 2.24) is 39.2 Å². The second-order valence-electron chi connectivity index (χ2n) is 27.9. The number of benzene rings is 3. The maximum Gasteiger partial charge on any atom is 0.410 e. The van der Waals surface area contributed by atoms with Crippen LogP contribution in [0.3, 0.4) is 0 Å². The molecule has 21 heteroatoms. The number of hydrogen-bond donors (Lipinski definition) is 0. The summed E-state index contributed by atoms with van der Waals surface area (Å²) in [6.45, 7) is 20.2. The summed E-state index contributed by atoms with van der Waals surface area (Å²) in [5, 5.41) is 0. The van der Waals surface area contributed by atoms with Crippen LogP contribution in [0.15, 0.2) is 60.7 Å². The van der Waals surface area contributed by atoms with Crippen LogP contribution >= 0.6 is 0 Å². The SMILES string of the molecule is CC#CCOC(=O)N1CCC(N2CCC3(CC2)CN(C(C)=O)c2ccccc23)CC1.CC(C)C(=O)N1CCC(N2CCC3(CC2)CN(C(=O)N(C)C)c2ccc(F)cc23)CC1.COCC(=O)N1CCC(N2CCC3(CC2)CN(C(=O)N(C)C)c2ccc(F)cc23)CC1. The Morgan fingerprint density at radius 3 is 1.34 bits per heavy atom. The summed E-state index contributed by atoms with van der Waals surface area (Å²) in [6, 6.07) is 19.5. The summed E-state index contributed by atoms with van der Waals surface area (Å²) < 4.78 is 38.5. The lowest BCUT2D eigenvalue weighted by atomic mass is 9.74. The average molecular weight is 1270 g/mol. The Bertz CT molecular complexity index is 3190. The second-order valence-corrected chi connectivity index (χ2v) is 27.9. The zero-order valence-corrected chi connectivity index (χ0v) is 56.0. The molecule has 92 heavy (non-hydrogen) atoms. The number of fused-ring (bicyclic) bond motifs is 6. The lowest BCUT2D eigenvalue weighted by Crippen LogP contribution is -2.53. The normalized spacial score (nSPS) is 21.4. The van der Waals surface area contributed by atoms with Gasteiger partial charge in [-0.2, -0.15) is 0 Å². The number of likely N-dealkylation sites (tertiary alicyclic amines) is 6. The number of carbonyl (C=O) groups excluding carboxylic acids is 6. The molecule has 9 aliphatic rings. The smallest absolute Gasteiger partial charge is 0.410 e. The van der Waals surface area contributed by atoms with E-state index in [0.29, 0.717) is 31.2 Å². The number of rotatable bonds is 7. The first-order valence-corrected chi connectivity index (χ1v) is 33.6. The van der Waals surface area contributed by atoms with E-state index in [1.807, 2.05) is 44.4 Å². The molecule has 3 aromatic carbocycles. The monoisotopic (exact) mass is 1270 g/mol. The van der Waals surface area contributed by atoms with E-state index in [-0.39, 0.29) is 82.9 Å². The molecule has 0 radical (unpaired) electrons. The van der Waals surface area contributed by atoms with Crippen LogP contribution in [0, 0.1) is 29.4 Å². The van der Waals surface area contributed by atoms with E-state index in [1.165, 1.54) is 17.7 Å². The van der Waals surface area contributed by atoms with Crippen LogP contribution in [0.1, 0.15) is 121 Å². The van der Waals surface area contributed by atoms with E-state index in [4.69, 9.17) is 9.47 Å². The fourth-order valence-corrected chi connectivity index (χ4v) is 16.4. The number of methoxy groups -OCH3 is 1. The zero-order valence-electron chi connectivity index (χ0n) is 56.0. The third-order valence-corrected chi connectivity index (χ3v) is 21.7. The van der Waals surface area contributed by atoms with Gasteiger partial charge in [0.15, 0.2) is 6.61 Å². The highest BCUT2D eigenvalue weighted by Crippen LogP contribution is 2.51. The number of nitrogens with zero attached hydrogens (tertiary/aromatic N) is 11. The van der Waals surface area contributed by atoms with Gasteiger partial charge in [0.25, 0.3) is 0 Å². The Hall–Kier alpha value is -6.86. The Morgan fingerprint density at radius 2 is 0.935 bits per heavy atom. The highest BCUT2D eigenvalue weighted by atomic mass is 19.1. The molecule has 8 amide bonds. The fourth-order valence-electron chi connectivity index (χ4n) is 16.4. The highest BCUT2D eigenvalue weighted by molar-refractivity contribution is 5.96. The minimum absolute atomic E-state index is 0.0469. The van der Waals surface area contributed by atoms with E-state index < -0.39 is 0 Å². The van der Waals surface area contributed by atoms with Gasteiger partial charge >= 0.3 is 18.2 Å². The van der Waals surface area contributed by atoms with Gasteiger partial charge in [0.05, 0.1) is 0 Å². The van der Waals surface area contributed by atoms with Crippen molar-refractivity contribution < 1.29 is 47.0 Å². The number of amides is 8. The molecule has 3 aromatic rings. The van der Waals surface area contributed by atoms with Crippen LogP contribution in [0.5, 0.6) is 0 Å². The van der Waals surface area contributed by atoms with E-state index in [1.54, 1.807) is 88.1 Å². The molecule has 0 saturated carbocycles. The molecule has 9 heterocycles. The number of ether oxygens (including phenoxy) is 2. The van der Waals surface area contributed by atoms with Crippen molar-refractivity contribution in [2.75, 3.05) is 161 Å². The Morgan fingerprint density at radius 1 is 0.543 bits per heavy atom. The van der Waals surface area contributed by atoms with Crippen molar-refractivity contribution >= 4 is 52.9 Å². The van der Waals surface area contributed by atoms with Crippen molar-refractivity contribution in [3.05, 3.63) is 89.0 Å². The van der Waals surface area contributed by atoms with Gasteiger partial charge in [0, 0.05) is 158 Å². The van der Waals surface area contributed by atoms with Gasteiger partial charge in [-0.05, 0) is 182 Å². The Labute approximate surface area is 544 Å². The summed E-state index contributed by atoms with van der Waals surface area (Å²) in [5.74, 6) is 5.54. The molecular formula is C71H99F2N11O8. The number of carbonyl (C=O) groups is 6. The van der Waals surface area contributed by atoms with Gasteiger partial charge in [0.2, 0.25) is 17.7 Å². The summed E-state index contributed by atoms with van der Waals surface area (Å²) >= 11 is 0. The highest BCUT2D eigenvalue weighted by Gasteiger charge is 2.51. The number of urea groups is 2. The molecule has 9 aliphatic heterocycles. The van der Waals surface area contributed by atoms with Gasteiger partial charge in [-0.15, -0.1) is 5.92 Å². The lowest BCUT2D eigenvalue weighted by molar-refractivity contribution is -0.137. The van der Waals surface area contributed by atoms with Crippen molar-refractivity contribution in [3.63, 3.8) is 0 Å². The first-order chi connectivity index (χ1) is 44.1. The molecule has 500 valence electrons. The van der Waals surface area contributed by atoms with Crippen LogP contribution in [0.4, 0.5) is 40.2 Å². The molecule has 3 spiro atoms. The quantitative estimate of drug-likeness (QED) is 0.209. The van der Waals surface area contributed by atoms with Crippen LogP contribution in [-0.4, -0.2) is 240 Å². The van der Waals surface area contributed by atoms with Gasteiger partial charge in [-0.3, -0.25) is 24.2 Å². The molecule has 0 unspecified atom stereocenters. The predicted octanol–water partition coefficient (Wildman–Crippen LogP) is 8.62. The number of anilines is 3. The first-order valence-electron chi connectivity index (χ1n) is 33.6. The van der Waals surface area contributed by atoms with E-state index in [9.17, 15) is 37.5 Å². The first kappa shape index (κ1) is 68.0. The molecule has 0 atom stereocenters. The van der Waals surface area contributed by atoms with Crippen molar-refractivity contribution in [3.8, 4) is 11.8 Å². The number of hydrogen-bond acceptors (Lipinski definition) is 11. The Kier molecular flexibility index (Phi) is 21.6. The minimum atomic E-state index is -0.249. The van der Waals surface area contributed by atoms with Gasteiger partial charge in [-0.25, -0.2) is 23.2 Å². The summed E-state index contributed by atoms with van der Waals surface area (Å²) in [5.41, 5.74) is 5.83. The van der Waals surface area contributed by atoms with Crippen molar-refractivity contribution in [2.45, 2.75) is 139 Å². The zero-order chi connectivity index (χ0) is 65.6. The molecule has 0 aliphatic carbocycles. The number of para-hydroxylation sites is 1. The van der Waals surface area contributed by atoms with Gasteiger partial charge < -0.3 is 53.6 Å². The topological polar surface area (TPSA) is 157 Å².